The lowest BCUT2D eigenvalue weighted by Gasteiger charge is -2.35. The van der Waals surface area contributed by atoms with Gasteiger partial charge in [-0.3, -0.25) is 4.79 Å². The average molecular weight is 385 g/mol. The van der Waals surface area contributed by atoms with E-state index in [1.54, 1.807) is 0 Å². The van der Waals surface area contributed by atoms with Gasteiger partial charge in [0, 0.05) is 13.7 Å². The van der Waals surface area contributed by atoms with Gasteiger partial charge < -0.3 is 15.4 Å². The van der Waals surface area contributed by atoms with E-state index in [1.807, 2.05) is 0 Å². The number of ether oxygens (including phenoxy) is 1. The lowest BCUT2D eigenvalue weighted by Crippen LogP contribution is -2.50. The van der Waals surface area contributed by atoms with Crippen LogP contribution in [0.5, 0.6) is 0 Å². The Bertz CT molecular complexity index is 584. The lowest BCUT2D eigenvalue weighted by atomic mass is 9.78. The van der Waals surface area contributed by atoms with E-state index in [4.69, 9.17) is 4.74 Å². The minimum absolute atomic E-state index is 0. The van der Waals surface area contributed by atoms with E-state index in [0.29, 0.717) is 32.0 Å². The van der Waals surface area contributed by atoms with E-state index < -0.39 is 23.0 Å². The standard InChI is InChI=1S/C16H20F4N2O2.ClH/c1-24-10-15(4-6-21-7-5-15)14(23)22-9-11-2-3-12(17)8-13(11)16(18,19)20;/h2-3,8,21H,4-7,9-10H2,1H3,(H,22,23);1H. The zero-order valence-corrected chi connectivity index (χ0v) is 14.5. The lowest BCUT2D eigenvalue weighted by molar-refractivity contribution is -0.140. The Morgan fingerprint density at radius 1 is 1.32 bits per heavy atom. The Morgan fingerprint density at radius 2 is 1.96 bits per heavy atom. The Labute approximate surface area is 149 Å². The molecule has 0 spiro atoms. The van der Waals surface area contributed by atoms with Gasteiger partial charge in [0.25, 0.3) is 0 Å². The number of methoxy groups -OCH3 is 1. The summed E-state index contributed by atoms with van der Waals surface area (Å²) in [7, 11) is 1.48. The minimum Gasteiger partial charge on any atom is -0.384 e. The highest BCUT2D eigenvalue weighted by molar-refractivity contribution is 5.85. The van der Waals surface area contributed by atoms with Gasteiger partial charge >= 0.3 is 6.18 Å². The van der Waals surface area contributed by atoms with Crippen LogP contribution in [0.25, 0.3) is 0 Å². The quantitative estimate of drug-likeness (QED) is 0.767. The van der Waals surface area contributed by atoms with E-state index in [0.717, 1.165) is 12.1 Å². The third kappa shape index (κ3) is 5.29. The molecule has 2 N–H and O–H groups in total. The zero-order valence-electron chi connectivity index (χ0n) is 13.7. The highest BCUT2D eigenvalue weighted by atomic mass is 35.5. The number of alkyl halides is 3. The van der Waals surface area contributed by atoms with Gasteiger partial charge in [0.05, 0.1) is 17.6 Å². The molecule has 1 aliphatic heterocycles. The highest BCUT2D eigenvalue weighted by Gasteiger charge is 2.40. The molecule has 25 heavy (non-hydrogen) atoms. The normalized spacial score (nSPS) is 16.8. The molecule has 1 heterocycles. The van der Waals surface area contributed by atoms with Crippen LogP contribution in [0, 0.1) is 11.2 Å². The van der Waals surface area contributed by atoms with E-state index >= 15 is 0 Å². The second kappa shape index (κ2) is 8.82. The summed E-state index contributed by atoms with van der Waals surface area (Å²) < 4.78 is 57.2. The number of hydrogen-bond donors (Lipinski definition) is 2. The summed E-state index contributed by atoms with van der Waals surface area (Å²) in [4.78, 5) is 12.5. The molecule has 0 bridgehead atoms. The first-order chi connectivity index (χ1) is 11.3. The number of carbonyl (C=O) groups excluding carboxylic acids is 1. The van der Waals surface area contributed by atoms with Crippen LogP contribution in [0.1, 0.15) is 24.0 Å². The van der Waals surface area contributed by atoms with Crippen molar-refractivity contribution in [3.05, 3.63) is 35.1 Å². The molecular formula is C16H21ClF4N2O2. The molecular weight excluding hydrogens is 364 g/mol. The number of carbonyl (C=O) groups is 1. The van der Waals surface area contributed by atoms with Crippen molar-refractivity contribution >= 4 is 18.3 Å². The molecule has 142 valence electrons. The van der Waals surface area contributed by atoms with Crippen molar-refractivity contribution in [3.63, 3.8) is 0 Å². The fraction of sp³-hybridized carbons (Fsp3) is 0.562. The number of rotatable bonds is 5. The van der Waals surface area contributed by atoms with E-state index in [1.165, 1.54) is 7.11 Å². The molecule has 1 aliphatic rings. The van der Waals surface area contributed by atoms with Crippen LogP contribution in [0.2, 0.25) is 0 Å². The molecule has 1 aromatic carbocycles. The topological polar surface area (TPSA) is 50.4 Å². The maximum absolute atomic E-state index is 13.1. The van der Waals surface area contributed by atoms with Crippen molar-refractivity contribution in [3.8, 4) is 0 Å². The summed E-state index contributed by atoms with van der Waals surface area (Å²) in [5.41, 5.74) is -1.99. The van der Waals surface area contributed by atoms with Gasteiger partial charge in [-0.2, -0.15) is 13.2 Å². The predicted octanol–water partition coefficient (Wildman–Crippen LogP) is 2.90. The summed E-state index contributed by atoms with van der Waals surface area (Å²) in [6, 6.07) is 2.44. The Hall–Kier alpha value is -1.38. The summed E-state index contributed by atoms with van der Waals surface area (Å²) in [5.74, 6) is -1.31. The smallest absolute Gasteiger partial charge is 0.384 e. The number of piperidine rings is 1. The molecule has 1 saturated heterocycles. The van der Waals surface area contributed by atoms with Crippen LogP contribution in [0.4, 0.5) is 17.6 Å². The highest BCUT2D eigenvalue weighted by Crippen LogP contribution is 2.33. The van der Waals surface area contributed by atoms with Crippen molar-refractivity contribution in [2.24, 2.45) is 5.41 Å². The van der Waals surface area contributed by atoms with Gasteiger partial charge in [-0.05, 0) is 43.6 Å². The fourth-order valence-corrected chi connectivity index (χ4v) is 2.95. The van der Waals surface area contributed by atoms with Crippen LogP contribution in [-0.4, -0.2) is 32.7 Å². The van der Waals surface area contributed by atoms with Crippen molar-refractivity contribution < 1.29 is 27.1 Å². The maximum atomic E-state index is 13.1. The number of nitrogens with one attached hydrogen (secondary N) is 2. The first-order valence-electron chi connectivity index (χ1n) is 7.62. The number of halogens is 5. The summed E-state index contributed by atoms with van der Waals surface area (Å²) >= 11 is 0. The second-order valence-electron chi connectivity index (χ2n) is 5.95. The van der Waals surface area contributed by atoms with Crippen LogP contribution >= 0.6 is 12.4 Å². The molecule has 1 fully saturated rings. The van der Waals surface area contributed by atoms with Crippen molar-refractivity contribution in [2.45, 2.75) is 25.6 Å². The van der Waals surface area contributed by atoms with Gasteiger partial charge in [0.1, 0.15) is 5.82 Å². The summed E-state index contributed by atoms with van der Waals surface area (Å²) in [5, 5.41) is 5.69. The molecule has 1 amide bonds. The van der Waals surface area contributed by atoms with Gasteiger partial charge in [-0.25, -0.2) is 4.39 Å². The van der Waals surface area contributed by atoms with Crippen molar-refractivity contribution in [2.75, 3.05) is 26.8 Å². The van der Waals surface area contributed by atoms with Crippen molar-refractivity contribution in [1.82, 2.24) is 10.6 Å². The SMILES string of the molecule is COCC1(C(=O)NCc2ccc(F)cc2C(F)(F)F)CCNCC1.Cl. The van der Waals surface area contributed by atoms with Gasteiger partial charge in [-0.1, -0.05) is 6.07 Å². The van der Waals surface area contributed by atoms with Crippen molar-refractivity contribution in [1.29, 1.82) is 0 Å². The number of hydrogen-bond acceptors (Lipinski definition) is 3. The summed E-state index contributed by atoms with van der Waals surface area (Å²) in [6.45, 7) is 1.17. The van der Waals surface area contributed by atoms with E-state index in [2.05, 4.69) is 10.6 Å². The van der Waals surface area contributed by atoms with E-state index in [9.17, 15) is 22.4 Å². The Morgan fingerprint density at radius 3 is 2.52 bits per heavy atom. The largest absolute Gasteiger partial charge is 0.416 e. The average Bonchev–Trinajstić information content (AvgIpc) is 2.53. The van der Waals surface area contributed by atoms with Gasteiger partial charge in [0.2, 0.25) is 5.91 Å². The molecule has 0 unspecified atom stereocenters. The molecule has 0 atom stereocenters. The Kier molecular flexibility index (Phi) is 7.64. The second-order valence-corrected chi connectivity index (χ2v) is 5.95. The predicted molar refractivity (Wildman–Crippen MR) is 86.9 cm³/mol. The van der Waals surface area contributed by atoms with E-state index in [-0.39, 0.29) is 37.0 Å². The molecule has 0 saturated carbocycles. The molecule has 0 aliphatic carbocycles. The zero-order chi connectivity index (χ0) is 17.8. The molecule has 1 aromatic rings. The molecule has 9 heteroatoms. The van der Waals surface area contributed by atoms with Crippen LogP contribution in [-0.2, 0) is 22.3 Å². The number of benzene rings is 1. The van der Waals surface area contributed by atoms with Crippen LogP contribution < -0.4 is 10.6 Å². The number of amides is 1. The third-order valence-electron chi connectivity index (χ3n) is 4.28. The molecule has 0 aromatic heterocycles. The first-order valence-corrected chi connectivity index (χ1v) is 7.62. The van der Waals surface area contributed by atoms with Gasteiger partial charge in [-0.15, -0.1) is 12.4 Å². The third-order valence-corrected chi connectivity index (χ3v) is 4.28. The maximum Gasteiger partial charge on any atom is 0.416 e. The molecule has 0 radical (unpaired) electrons. The summed E-state index contributed by atoms with van der Waals surface area (Å²) in [6.07, 6.45) is -3.59. The van der Waals surface area contributed by atoms with Crippen LogP contribution in [0.3, 0.4) is 0 Å². The fourth-order valence-electron chi connectivity index (χ4n) is 2.95. The minimum atomic E-state index is -4.68. The molecule has 2 rings (SSSR count). The molecule has 4 nitrogen and oxygen atoms in total. The Balaban J connectivity index is 0.00000312. The van der Waals surface area contributed by atoms with Crippen LogP contribution in [0.15, 0.2) is 18.2 Å². The van der Waals surface area contributed by atoms with Gasteiger partial charge in [0.15, 0.2) is 0 Å². The first kappa shape index (κ1) is 21.7. The monoisotopic (exact) mass is 384 g/mol.